The molecule has 2 rings (SSSR count). The highest BCUT2D eigenvalue weighted by molar-refractivity contribution is 5.89. The van der Waals surface area contributed by atoms with E-state index in [1.165, 1.54) is 0 Å². The summed E-state index contributed by atoms with van der Waals surface area (Å²) in [7, 11) is 0. The van der Waals surface area contributed by atoms with E-state index in [1.807, 2.05) is 60.7 Å². The average Bonchev–Trinajstić information content (AvgIpc) is 2.78. The van der Waals surface area contributed by atoms with E-state index in [2.05, 4.69) is 5.32 Å². The zero-order chi connectivity index (χ0) is 22.5. The number of ether oxygens (including phenoxy) is 1. The van der Waals surface area contributed by atoms with Gasteiger partial charge in [0.15, 0.2) is 0 Å². The van der Waals surface area contributed by atoms with Gasteiger partial charge in [0.05, 0.1) is 6.04 Å². The van der Waals surface area contributed by atoms with Crippen LogP contribution in [-0.2, 0) is 27.4 Å². The van der Waals surface area contributed by atoms with E-state index in [-0.39, 0.29) is 18.8 Å². The van der Waals surface area contributed by atoms with Crippen LogP contribution in [0.5, 0.6) is 0 Å². The van der Waals surface area contributed by atoms with Crippen molar-refractivity contribution in [3.63, 3.8) is 0 Å². The Labute approximate surface area is 183 Å². The summed E-state index contributed by atoms with van der Waals surface area (Å²) in [6.07, 6.45) is 1.81. The molecule has 0 aromatic heterocycles. The van der Waals surface area contributed by atoms with Crippen molar-refractivity contribution in [2.24, 2.45) is 17.4 Å². The van der Waals surface area contributed by atoms with Crippen molar-refractivity contribution in [1.29, 1.82) is 0 Å². The van der Waals surface area contributed by atoms with Gasteiger partial charge in [0.2, 0.25) is 5.91 Å². The predicted octanol–water partition coefficient (Wildman–Crippen LogP) is 2.71. The lowest BCUT2D eigenvalue weighted by Gasteiger charge is -2.16. The number of hydrogen-bond acceptors (Lipinski definition) is 5. The van der Waals surface area contributed by atoms with Gasteiger partial charge in [-0.1, -0.05) is 60.7 Å². The van der Waals surface area contributed by atoms with Gasteiger partial charge in [0.1, 0.15) is 12.4 Å². The van der Waals surface area contributed by atoms with E-state index in [4.69, 9.17) is 16.2 Å². The third-order valence-electron chi connectivity index (χ3n) is 5.01. The fourth-order valence-corrected chi connectivity index (χ4v) is 3.18. The highest BCUT2D eigenvalue weighted by Crippen LogP contribution is 2.14. The van der Waals surface area contributed by atoms with Crippen LogP contribution in [0.25, 0.3) is 0 Å². The molecule has 0 aliphatic rings. The van der Waals surface area contributed by atoms with E-state index >= 15 is 0 Å². The molecule has 2 atom stereocenters. The fourth-order valence-electron chi connectivity index (χ4n) is 3.18. The Morgan fingerprint density at radius 3 is 2.13 bits per heavy atom. The molecule has 0 unspecified atom stereocenters. The molecule has 0 aliphatic carbocycles. The molecule has 166 valence electrons. The molecule has 7 heteroatoms. The summed E-state index contributed by atoms with van der Waals surface area (Å²) in [6, 6.07) is 18.2. The van der Waals surface area contributed by atoms with Gasteiger partial charge < -0.3 is 21.5 Å². The third kappa shape index (κ3) is 9.44. The molecule has 0 bridgehead atoms. The first kappa shape index (κ1) is 24.1. The van der Waals surface area contributed by atoms with E-state index in [0.29, 0.717) is 32.2 Å². The molecule has 2 aromatic rings. The number of nitrogens with one attached hydrogen (secondary N) is 1. The van der Waals surface area contributed by atoms with Crippen molar-refractivity contribution in [3.8, 4) is 0 Å². The summed E-state index contributed by atoms with van der Waals surface area (Å²) in [5.74, 6) is -1.24. The Kier molecular flexibility index (Phi) is 10.2. The number of primary amides is 1. The van der Waals surface area contributed by atoms with Crippen molar-refractivity contribution in [1.82, 2.24) is 5.32 Å². The van der Waals surface area contributed by atoms with Gasteiger partial charge >= 0.3 is 6.09 Å². The number of unbranched alkanes of at least 4 members (excludes halogenated alkanes) is 1. The highest BCUT2D eigenvalue weighted by atomic mass is 16.5. The Morgan fingerprint density at radius 1 is 0.903 bits per heavy atom. The number of hydrogen-bond donors (Lipinski definition) is 3. The average molecular weight is 426 g/mol. The van der Waals surface area contributed by atoms with E-state index in [0.717, 1.165) is 11.1 Å². The quantitative estimate of drug-likeness (QED) is 0.426. The van der Waals surface area contributed by atoms with Crippen LogP contribution >= 0.6 is 0 Å². The molecule has 5 N–H and O–H groups in total. The minimum atomic E-state index is -0.650. The number of amides is 2. The maximum Gasteiger partial charge on any atom is 0.407 e. The molecule has 0 saturated heterocycles. The topological polar surface area (TPSA) is 125 Å². The van der Waals surface area contributed by atoms with Crippen molar-refractivity contribution >= 4 is 17.8 Å². The Balaban J connectivity index is 1.62. The lowest BCUT2D eigenvalue weighted by Crippen LogP contribution is -2.35. The van der Waals surface area contributed by atoms with Crippen LogP contribution in [0.3, 0.4) is 0 Å². The molecule has 0 aliphatic heterocycles. The van der Waals surface area contributed by atoms with Crippen LogP contribution in [0.4, 0.5) is 4.79 Å². The van der Waals surface area contributed by atoms with Crippen LogP contribution in [0, 0.1) is 5.92 Å². The first-order valence-corrected chi connectivity index (χ1v) is 10.5. The minimum absolute atomic E-state index is 0.0372. The van der Waals surface area contributed by atoms with Gasteiger partial charge in [0.25, 0.3) is 0 Å². The summed E-state index contributed by atoms with van der Waals surface area (Å²) in [5.41, 5.74) is 13.4. The molecule has 0 radical (unpaired) electrons. The number of alkyl carbamates (subject to hydrolysis) is 1. The number of nitrogens with two attached hydrogens (primary N) is 2. The van der Waals surface area contributed by atoms with Crippen LogP contribution < -0.4 is 16.8 Å². The summed E-state index contributed by atoms with van der Waals surface area (Å²) in [6.45, 7) is 0.655. The third-order valence-corrected chi connectivity index (χ3v) is 5.01. The number of rotatable bonds is 13. The first-order chi connectivity index (χ1) is 15.0. The fraction of sp³-hybridized carbons (Fsp3) is 0.375. The zero-order valence-corrected chi connectivity index (χ0v) is 17.7. The molecule has 2 aromatic carbocycles. The first-order valence-electron chi connectivity index (χ1n) is 10.5. The molecule has 31 heavy (non-hydrogen) atoms. The predicted molar refractivity (Wildman–Crippen MR) is 119 cm³/mol. The van der Waals surface area contributed by atoms with Gasteiger partial charge in [0, 0.05) is 18.9 Å². The number of benzene rings is 2. The minimum Gasteiger partial charge on any atom is -0.445 e. The maximum atomic E-state index is 12.4. The molecule has 0 heterocycles. The maximum absolute atomic E-state index is 12.4. The van der Waals surface area contributed by atoms with Crippen LogP contribution in [0.15, 0.2) is 60.7 Å². The van der Waals surface area contributed by atoms with E-state index < -0.39 is 24.0 Å². The second-order valence-electron chi connectivity index (χ2n) is 7.55. The zero-order valence-electron chi connectivity index (χ0n) is 17.7. The van der Waals surface area contributed by atoms with Gasteiger partial charge in [-0.25, -0.2) is 4.79 Å². The van der Waals surface area contributed by atoms with Gasteiger partial charge in [-0.05, 0) is 36.8 Å². The summed E-state index contributed by atoms with van der Waals surface area (Å²) in [5, 5.41) is 2.68. The van der Waals surface area contributed by atoms with Crippen molar-refractivity contribution < 1.29 is 19.1 Å². The summed E-state index contributed by atoms with van der Waals surface area (Å²) < 4.78 is 5.14. The van der Waals surface area contributed by atoms with Gasteiger partial charge in [-0.15, -0.1) is 0 Å². The van der Waals surface area contributed by atoms with E-state index in [9.17, 15) is 14.4 Å². The second kappa shape index (κ2) is 13.2. The molecular formula is C24H31N3O4. The lowest BCUT2D eigenvalue weighted by molar-refractivity contribution is -0.128. The highest BCUT2D eigenvalue weighted by Gasteiger charge is 2.23. The Bertz CT molecular complexity index is 827. The number of carbonyl (C=O) groups is 3. The summed E-state index contributed by atoms with van der Waals surface area (Å²) in [4.78, 5) is 35.9. The second-order valence-corrected chi connectivity index (χ2v) is 7.55. The van der Waals surface area contributed by atoms with Crippen LogP contribution in [0.2, 0.25) is 0 Å². The normalized spacial score (nSPS) is 12.5. The largest absolute Gasteiger partial charge is 0.445 e. The van der Waals surface area contributed by atoms with Crippen molar-refractivity contribution in [2.45, 2.75) is 44.8 Å². The number of carbonyl (C=O) groups excluding carboxylic acids is 3. The monoisotopic (exact) mass is 425 g/mol. The Morgan fingerprint density at radius 2 is 1.52 bits per heavy atom. The molecule has 0 saturated carbocycles. The molecule has 7 nitrogen and oxygen atoms in total. The number of ketones is 1. The number of Topliss-reactive ketones (excluding diaryl/α,β-unsaturated/α-hetero) is 1. The van der Waals surface area contributed by atoms with Crippen LogP contribution in [0.1, 0.15) is 36.8 Å². The SMILES string of the molecule is NC(=O)[C@@H](CC(=O)[C@@H](N)CCCCNC(=O)OCc1ccccc1)Cc1ccccc1. The molecular weight excluding hydrogens is 394 g/mol. The molecule has 0 fully saturated rings. The lowest BCUT2D eigenvalue weighted by atomic mass is 9.90. The Hall–Kier alpha value is -3.19. The molecule has 0 spiro atoms. The van der Waals surface area contributed by atoms with Crippen LogP contribution in [-0.4, -0.2) is 30.4 Å². The smallest absolute Gasteiger partial charge is 0.407 e. The van der Waals surface area contributed by atoms with Crippen molar-refractivity contribution in [2.75, 3.05) is 6.54 Å². The molecule has 2 amide bonds. The van der Waals surface area contributed by atoms with E-state index in [1.54, 1.807) is 0 Å². The van der Waals surface area contributed by atoms with Gasteiger partial charge in [-0.2, -0.15) is 0 Å². The standard InChI is InChI=1S/C24H31N3O4/c25-21(22(28)16-20(23(26)29)15-18-9-3-1-4-10-18)13-7-8-14-27-24(30)31-17-19-11-5-2-6-12-19/h1-6,9-12,20-21H,7-8,13-17,25H2,(H2,26,29)(H,27,30)/t20-,21+/m1/s1. The summed E-state index contributed by atoms with van der Waals surface area (Å²) >= 11 is 0. The van der Waals surface area contributed by atoms with Crippen molar-refractivity contribution in [3.05, 3.63) is 71.8 Å². The van der Waals surface area contributed by atoms with Gasteiger partial charge in [-0.3, -0.25) is 9.59 Å².